The number of aromatic hydroxyl groups is 1. The summed E-state index contributed by atoms with van der Waals surface area (Å²) in [5.74, 6) is -0.366. The predicted molar refractivity (Wildman–Crippen MR) is 182 cm³/mol. The first-order valence-corrected chi connectivity index (χ1v) is 16.4. The molecule has 11 heteroatoms. The number of benzene rings is 3. The van der Waals surface area contributed by atoms with Crippen LogP contribution < -0.4 is 9.64 Å². The molecule has 3 aromatic carbocycles. The Labute approximate surface area is 277 Å². The van der Waals surface area contributed by atoms with Crippen LogP contribution in [0.2, 0.25) is 0 Å². The number of fused-ring (bicyclic) bond motifs is 2. The minimum absolute atomic E-state index is 0.124. The van der Waals surface area contributed by atoms with Crippen LogP contribution in [0.3, 0.4) is 0 Å². The van der Waals surface area contributed by atoms with Gasteiger partial charge in [0.15, 0.2) is 11.5 Å². The number of likely N-dealkylation sites (N-methyl/N-ethyl adjacent to an activating group) is 1. The van der Waals surface area contributed by atoms with E-state index in [0.717, 1.165) is 19.5 Å². The van der Waals surface area contributed by atoms with Gasteiger partial charge < -0.3 is 29.3 Å². The molecule has 3 aromatic rings. The summed E-state index contributed by atoms with van der Waals surface area (Å²) in [6.07, 6.45) is 1.26. The highest BCUT2D eigenvalue weighted by Crippen LogP contribution is 2.39. The molecule has 6 rings (SSSR count). The lowest BCUT2D eigenvalue weighted by Gasteiger charge is -2.34. The van der Waals surface area contributed by atoms with Gasteiger partial charge in [-0.25, -0.2) is 4.79 Å². The molecule has 0 aromatic heterocycles. The Kier molecular flexibility index (Phi) is 10.6. The summed E-state index contributed by atoms with van der Waals surface area (Å²) in [6, 6.07) is 17.1. The molecule has 0 saturated carbocycles. The minimum atomic E-state index is -1.03. The van der Waals surface area contributed by atoms with E-state index in [9.17, 15) is 19.5 Å². The molecular formula is C36H47N5O6. The Morgan fingerprint density at radius 3 is 2.38 bits per heavy atom. The number of aryl methyl sites for hydroxylation is 1. The average Bonchev–Trinajstić information content (AvgIpc) is 3.59. The number of rotatable bonds is 9. The fourth-order valence-corrected chi connectivity index (χ4v) is 6.83. The first kappa shape index (κ1) is 34.0. The zero-order valence-electron chi connectivity index (χ0n) is 28.2. The maximum atomic E-state index is 13.6. The number of anilines is 1. The van der Waals surface area contributed by atoms with Crippen LogP contribution in [0.1, 0.15) is 35.7 Å². The van der Waals surface area contributed by atoms with Crippen molar-refractivity contribution < 1.29 is 29.0 Å². The Balaban J connectivity index is 0.000000257. The highest BCUT2D eigenvalue weighted by Gasteiger charge is 2.60. The van der Waals surface area contributed by atoms with Gasteiger partial charge in [-0.1, -0.05) is 30.3 Å². The summed E-state index contributed by atoms with van der Waals surface area (Å²) in [4.78, 5) is 48.9. The molecule has 0 unspecified atom stereocenters. The van der Waals surface area contributed by atoms with E-state index < -0.39 is 5.54 Å². The number of carbonyl (C=O) groups is 3. The van der Waals surface area contributed by atoms with Gasteiger partial charge in [0.25, 0.3) is 11.8 Å². The number of nitrogens with zero attached hydrogens (tertiary/aromatic N) is 5. The van der Waals surface area contributed by atoms with E-state index in [1.54, 1.807) is 15.9 Å². The van der Waals surface area contributed by atoms with Crippen LogP contribution in [-0.4, -0.2) is 128 Å². The van der Waals surface area contributed by atoms with Gasteiger partial charge >= 0.3 is 6.03 Å². The maximum Gasteiger partial charge on any atom is 0.327 e. The molecule has 3 saturated heterocycles. The van der Waals surface area contributed by atoms with Gasteiger partial charge in [-0.2, -0.15) is 0 Å². The molecule has 47 heavy (non-hydrogen) atoms. The van der Waals surface area contributed by atoms with Crippen molar-refractivity contribution in [3.05, 3.63) is 65.7 Å². The number of morpholine rings is 1. The van der Waals surface area contributed by atoms with Crippen LogP contribution >= 0.6 is 0 Å². The highest BCUT2D eigenvalue weighted by atomic mass is 16.5. The van der Waals surface area contributed by atoms with Crippen molar-refractivity contribution in [1.29, 1.82) is 0 Å². The second-order valence-corrected chi connectivity index (χ2v) is 12.5. The molecule has 11 nitrogen and oxygen atoms in total. The zero-order valence-corrected chi connectivity index (χ0v) is 28.2. The Hall–Kier alpha value is -4.35. The van der Waals surface area contributed by atoms with Crippen molar-refractivity contribution in [2.75, 3.05) is 85.1 Å². The lowest BCUT2D eigenvalue weighted by molar-refractivity contribution is -0.133. The third-order valence-electron chi connectivity index (χ3n) is 9.49. The van der Waals surface area contributed by atoms with Gasteiger partial charge in [0.1, 0.15) is 5.54 Å². The van der Waals surface area contributed by atoms with Crippen molar-refractivity contribution in [3.63, 3.8) is 0 Å². The fourth-order valence-electron chi connectivity index (χ4n) is 6.83. The van der Waals surface area contributed by atoms with Crippen molar-refractivity contribution in [2.24, 2.45) is 0 Å². The number of hydrogen-bond acceptors (Lipinski definition) is 8. The molecule has 0 radical (unpaired) electrons. The van der Waals surface area contributed by atoms with Crippen molar-refractivity contribution >= 4 is 34.3 Å². The summed E-state index contributed by atoms with van der Waals surface area (Å²) >= 11 is 0. The molecule has 0 bridgehead atoms. The summed E-state index contributed by atoms with van der Waals surface area (Å²) < 4.78 is 10.4. The predicted octanol–water partition coefficient (Wildman–Crippen LogP) is 4.21. The van der Waals surface area contributed by atoms with Crippen LogP contribution in [0.15, 0.2) is 54.6 Å². The third kappa shape index (κ3) is 6.87. The van der Waals surface area contributed by atoms with E-state index in [4.69, 9.17) is 9.47 Å². The fraction of sp³-hybridized carbons (Fsp3) is 0.472. The van der Waals surface area contributed by atoms with Crippen molar-refractivity contribution in [1.82, 2.24) is 19.6 Å². The molecule has 3 heterocycles. The van der Waals surface area contributed by atoms with E-state index in [-0.39, 0.29) is 35.9 Å². The first-order valence-electron chi connectivity index (χ1n) is 16.4. The number of urea groups is 1. The second-order valence-electron chi connectivity index (χ2n) is 12.5. The lowest BCUT2D eigenvalue weighted by atomic mass is 9.94. The number of ether oxygens (including phenoxy) is 2. The topological polar surface area (TPSA) is 106 Å². The number of amides is 4. The molecule has 0 aliphatic carbocycles. The number of phenols is 1. The van der Waals surface area contributed by atoms with Gasteiger partial charge in [-0.05, 0) is 61.9 Å². The summed E-state index contributed by atoms with van der Waals surface area (Å²) in [7, 11) is 5.60. The number of phenolic OH excluding ortho intramolecular Hbond substituents is 1. The average molecular weight is 646 g/mol. The quantitative estimate of drug-likeness (QED) is 0.345. The molecule has 3 aliphatic heterocycles. The minimum Gasteiger partial charge on any atom is -0.504 e. The molecule has 1 N–H and O–H groups in total. The lowest BCUT2D eigenvalue weighted by Crippen LogP contribution is -2.55. The molecule has 4 amide bonds. The van der Waals surface area contributed by atoms with E-state index >= 15 is 0 Å². The Morgan fingerprint density at radius 1 is 1.00 bits per heavy atom. The molecule has 1 atom stereocenters. The van der Waals surface area contributed by atoms with Gasteiger partial charge in [-0.15, -0.1) is 0 Å². The van der Waals surface area contributed by atoms with Gasteiger partial charge in [-0.3, -0.25) is 19.4 Å². The molecule has 252 valence electrons. The number of imide groups is 1. The Morgan fingerprint density at radius 2 is 1.72 bits per heavy atom. The van der Waals surface area contributed by atoms with E-state index in [0.29, 0.717) is 51.4 Å². The molecule has 3 fully saturated rings. The highest BCUT2D eigenvalue weighted by molar-refractivity contribution is 6.08. The van der Waals surface area contributed by atoms with E-state index in [1.165, 1.54) is 46.2 Å². The summed E-state index contributed by atoms with van der Waals surface area (Å²) in [6.45, 7) is 8.86. The molecule has 0 spiro atoms. The number of carbonyl (C=O) groups excluding carboxylic acids is 3. The monoisotopic (exact) mass is 645 g/mol. The summed E-state index contributed by atoms with van der Waals surface area (Å²) in [5.41, 5.74) is 1.90. The van der Waals surface area contributed by atoms with Crippen molar-refractivity contribution in [2.45, 2.75) is 32.2 Å². The maximum absolute atomic E-state index is 13.6. The normalized spacial score (nSPS) is 19.4. The van der Waals surface area contributed by atoms with Gasteiger partial charge in [0.05, 0.1) is 26.9 Å². The van der Waals surface area contributed by atoms with Gasteiger partial charge in [0.2, 0.25) is 0 Å². The SMILES string of the molecule is CCN(C[C@@]12CCCN1C(=O)N(CCN1CCOCC1)C2=O)C(=O)c1ccc(OC)c(O)c1.Cc1ccc(N(C)C)c2ccccc12. The third-order valence-corrected chi connectivity index (χ3v) is 9.49. The van der Waals surface area contributed by atoms with Crippen molar-refractivity contribution in [3.8, 4) is 11.5 Å². The van der Waals surface area contributed by atoms with Crippen LogP contribution in [0.5, 0.6) is 11.5 Å². The standard InChI is InChI=1S/C23H32N4O6.C13H15N/c1-3-25(20(29)17-5-6-19(32-2)18(28)15-17)16-23-7-4-8-27(23)22(31)26(21(23)30)10-9-24-11-13-33-14-12-24;1-10-8-9-13(14(2)3)12-7-5-4-6-11(10)12/h5-6,15,28H,3-4,7-14,16H2,1-2H3;4-9H,1-3H3/t23-;/m1./s1. The summed E-state index contributed by atoms with van der Waals surface area (Å²) in [5, 5.41) is 12.8. The van der Waals surface area contributed by atoms with E-state index in [2.05, 4.69) is 67.2 Å². The zero-order chi connectivity index (χ0) is 33.7. The largest absolute Gasteiger partial charge is 0.504 e. The van der Waals surface area contributed by atoms with E-state index in [1.807, 2.05) is 6.92 Å². The van der Waals surface area contributed by atoms with Crippen LogP contribution in [0.4, 0.5) is 10.5 Å². The first-order chi connectivity index (χ1) is 22.6. The number of hydrogen-bond donors (Lipinski definition) is 1. The molecular weight excluding hydrogens is 598 g/mol. The van der Waals surface area contributed by atoms with Crippen LogP contribution in [0, 0.1) is 6.92 Å². The second kappa shape index (κ2) is 14.6. The van der Waals surface area contributed by atoms with Gasteiger partial charge in [0, 0.05) is 70.0 Å². The Bertz CT molecular complexity index is 1610. The smallest absolute Gasteiger partial charge is 0.327 e. The number of methoxy groups -OCH3 is 1. The van der Waals surface area contributed by atoms with Crippen LogP contribution in [0.25, 0.3) is 10.8 Å². The van der Waals surface area contributed by atoms with Crippen LogP contribution in [-0.2, 0) is 9.53 Å². The molecule has 3 aliphatic rings.